The summed E-state index contributed by atoms with van der Waals surface area (Å²) in [5.41, 5.74) is 3.10. The second kappa shape index (κ2) is 8.71. The average molecular weight is 366 g/mol. The minimum Gasteiger partial charge on any atom is -0.477 e. The first-order chi connectivity index (χ1) is 12.4. The quantitative estimate of drug-likeness (QED) is 0.628. The van der Waals surface area contributed by atoms with E-state index in [9.17, 15) is 10.1 Å². The molecule has 26 heavy (non-hydrogen) atoms. The molecule has 0 aromatic heterocycles. The van der Waals surface area contributed by atoms with Crippen molar-refractivity contribution in [1.29, 1.82) is 10.5 Å². The van der Waals surface area contributed by atoms with Gasteiger partial charge in [0, 0.05) is 5.69 Å². The van der Waals surface area contributed by atoms with Crippen LogP contribution in [-0.2, 0) is 4.79 Å². The minimum absolute atomic E-state index is 0.0485. The molecule has 0 heterocycles. The van der Waals surface area contributed by atoms with Crippen LogP contribution in [0.25, 0.3) is 6.08 Å². The zero-order valence-electron chi connectivity index (χ0n) is 14.3. The highest BCUT2D eigenvalue weighted by Crippen LogP contribution is 2.26. The van der Waals surface area contributed by atoms with E-state index in [0.717, 1.165) is 11.1 Å². The highest BCUT2D eigenvalue weighted by Gasteiger charge is 2.12. The maximum atomic E-state index is 12.4. The highest BCUT2D eigenvalue weighted by molar-refractivity contribution is 6.32. The summed E-state index contributed by atoms with van der Waals surface area (Å²) in [7, 11) is 0. The number of hydrogen-bond donors (Lipinski definition) is 1. The third-order valence-corrected chi connectivity index (χ3v) is 3.86. The molecule has 0 unspecified atom stereocenters. The Kier molecular flexibility index (Phi) is 6.38. The summed E-state index contributed by atoms with van der Waals surface area (Å²) in [6, 6.07) is 14.3. The van der Waals surface area contributed by atoms with Crippen molar-refractivity contribution in [2.75, 3.05) is 11.9 Å². The minimum atomic E-state index is -0.498. The standard InChI is InChI=1S/C20H16ClN3O2/c1-13-3-4-14(2)18(9-13)24-20(25)16(12-23)10-15-5-6-19(17(21)11-15)26-8-7-22/h3-6,9-11H,8H2,1-2H3,(H,24,25)/b16-10+. The average Bonchev–Trinajstić information content (AvgIpc) is 2.62. The number of carbonyl (C=O) groups is 1. The van der Waals surface area contributed by atoms with Crippen LogP contribution in [0.5, 0.6) is 5.75 Å². The Balaban J connectivity index is 2.23. The van der Waals surface area contributed by atoms with Crippen LogP contribution < -0.4 is 10.1 Å². The molecular formula is C20H16ClN3O2. The predicted molar refractivity (Wildman–Crippen MR) is 101 cm³/mol. The molecular weight excluding hydrogens is 350 g/mol. The number of benzene rings is 2. The van der Waals surface area contributed by atoms with Crippen molar-refractivity contribution < 1.29 is 9.53 Å². The molecule has 0 saturated heterocycles. The molecule has 0 aliphatic rings. The molecule has 0 fully saturated rings. The van der Waals surface area contributed by atoms with Gasteiger partial charge in [0.05, 0.1) is 5.02 Å². The summed E-state index contributed by atoms with van der Waals surface area (Å²) < 4.78 is 5.17. The van der Waals surface area contributed by atoms with Gasteiger partial charge in [0.1, 0.15) is 23.5 Å². The third kappa shape index (κ3) is 4.86. The molecule has 0 bridgehead atoms. The molecule has 2 aromatic carbocycles. The molecule has 2 aromatic rings. The van der Waals surface area contributed by atoms with E-state index < -0.39 is 5.91 Å². The zero-order valence-corrected chi connectivity index (χ0v) is 15.1. The summed E-state index contributed by atoms with van der Waals surface area (Å²) in [5, 5.41) is 20.9. The van der Waals surface area contributed by atoms with Gasteiger partial charge in [-0.25, -0.2) is 0 Å². The number of nitrogens with zero attached hydrogens (tertiary/aromatic N) is 2. The van der Waals surface area contributed by atoms with Crippen LogP contribution in [-0.4, -0.2) is 12.5 Å². The highest BCUT2D eigenvalue weighted by atomic mass is 35.5. The van der Waals surface area contributed by atoms with E-state index in [2.05, 4.69) is 5.32 Å². The van der Waals surface area contributed by atoms with Crippen molar-refractivity contribution in [3.8, 4) is 17.9 Å². The van der Waals surface area contributed by atoms with E-state index in [4.69, 9.17) is 21.6 Å². The fourth-order valence-corrected chi connectivity index (χ4v) is 2.45. The number of rotatable bonds is 5. The fraction of sp³-hybridized carbons (Fsp3) is 0.150. The van der Waals surface area contributed by atoms with Gasteiger partial charge in [-0.1, -0.05) is 29.8 Å². The molecule has 0 aliphatic heterocycles. The number of anilines is 1. The lowest BCUT2D eigenvalue weighted by Gasteiger charge is -2.09. The Morgan fingerprint density at radius 3 is 2.65 bits per heavy atom. The van der Waals surface area contributed by atoms with Gasteiger partial charge in [-0.05, 0) is 54.8 Å². The van der Waals surface area contributed by atoms with Gasteiger partial charge in [0.25, 0.3) is 5.91 Å². The zero-order chi connectivity index (χ0) is 19.1. The van der Waals surface area contributed by atoms with Crippen molar-refractivity contribution >= 4 is 29.3 Å². The van der Waals surface area contributed by atoms with Crippen molar-refractivity contribution in [3.63, 3.8) is 0 Å². The van der Waals surface area contributed by atoms with Crippen molar-refractivity contribution in [3.05, 3.63) is 63.7 Å². The molecule has 1 amide bonds. The summed E-state index contributed by atoms with van der Waals surface area (Å²) in [6.07, 6.45) is 1.44. The van der Waals surface area contributed by atoms with E-state index in [1.165, 1.54) is 6.08 Å². The molecule has 0 atom stereocenters. The van der Waals surface area contributed by atoms with E-state index in [1.807, 2.05) is 44.2 Å². The van der Waals surface area contributed by atoms with Crippen LogP contribution in [0.15, 0.2) is 42.0 Å². The number of aryl methyl sites for hydroxylation is 2. The van der Waals surface area contributed by atoms with Crippen molar-refractivity contribution in [2.24, 2.45) is 0 Å². The summed E-state index contributed by atoms with van der Waals surface area (Å²) >= 11 is 6.09. The fourth-order valence-electron chi connectivity index (χ4n) is 2.21. The maximum absolute atomic E-state index is 12.4. The maximum Gasteiger partial charge on any atom is 0.266 e. The Labute approximate surface area is 157 Å². The van der Waals surface area contributed by atoms with E-state index in [0.29, 0.717) is 22.0 Å². The van der Waals surface area contributed by atoms with Gasteiger partial charge in [0.2, 0.25) is 0 Å². The largest absolute Gasteiger partial charge is 0.477 e. The lowest BCUT2D eigenvalue weighted by Crippen LogP contribution is -2.14. The van der Waals surface area contributed by atoms with Gasteiger partial charge < -0.3 is 10.1 Å². The van der Waals surface area contributed by atoms with Crippen LogP contribution in [0.2, 0.25) is 5.02 Å². The van der Waals surface area contributed by atoms with Crippen molar-refractivity contribution in [1.82, 2.24) is 0 Å². The van der Waals surface area contributed by atoms with Gasteiger partial charge in [-0.15, -0.1) is 0 Å². The number of halogens is 1. The number of ether oxygens (including phenoxy) is 1. The summed E-state index contributed by atoms with van der Waals surface area (Å²) in [6.45, 7) is 3.69. The van der Waals surface area contributed by atoms with Gasteiger partial charge in [-0.3, -0.25) is 4.79 Å². The molecule has 1 N–H and O–H groups in total. The summed E-state index contributed by atoms with van der Waals surface area (Å²) in [4.78, 5) is 12.4. The van der Waals surface area contributed by atoms with Crippen LogP contribution >= 0.6 is 11.6 Å². The Morgan fingerprint density at radius 1 is 1.23 bits per heavy atom. The number of nitriles is 2. The Bertz CT molecular complexity index is 953. The van der Waals surface area contributed by atoms with Crippen LogP contribution in [0.4, 0.5) is 5.69 Å². The SMILES string of the molecule is Cc1ccc(C)c(NC(=O)/C(C#N)=C/c2ccc(OCC#N)c(Cl)c2)c1. The lowest BCUT2D eigenvalue weighted by molar-refractivity contribution is -0.112. The number of nitrogens with one attached hydrogen (secondary N) is 1. The second-order valence-corrected chi connectivity index (χ2v) is 5.99. The van der Waals surface area contributed by atoms with Gasteiger partial charge in [0.15, 0.2) is 6.61 Å². The van der Waals surface area contributed by atoms with E-state index in [-0.39, 0.29) is 12.2 Å². The van der Waals surface area contributed by atoms with E-state index >= 15 is 0 Å². The van der Waals surface area contributed by atoms with Crippen LogP contribution in [0.1, 0.15) is 16.7 Å². The Morgan fingerprint density at radius 2 is 2.00 bits per heavy atom. The van der Waals surface area contributed by atoms with Gasteiger partial charge in [-0.2, -0.15) is 10.5 Å². The summed E-state index contributed by atoms with van der Waals surface area (Å²) in [5.74, 6) is -0.133. The molecule has 2 rings (SSSR count). The predicted octanol–water partition coefficient (Wildman–Crippen LogP) is 4.40. The third-order valence-electron chi connectivity index (χ3n) is 3.57. The molecule has 0 spiro atoms. The smallest absolute Gasteiger partial charge is 0.266 e. The number of amides is 1. The van der Waals surface area contributed by atoms with E-state index in [1.54, 1.807) is 18.2 Å². The molecule has 130 valence electrons. The van der Waals surface area contributed by atoms with Crippen molar-refractivity contribution in [2.45, 2.75) is 13.8 Å². The first-order valence-electron chi connectivity index (χ1n) is 7.74. The van der Waals surface area contributed by atoms with Gasteiger partial charge >= 0.3 is 0 Å². The number of hydrogen-bond acceptors (Lipinski definition) is 4. The lowest BCUT2D eigenvalue weighted by atomic mass is 10.1. The topological polar surface area (TPSA) is 85.9 Å². The molecule has 0 radical (unpaired) electrons. The molecule has 6 heteroatoms. The molecule has 0 aliphatic carbocycles. The van der Waals surface area contributed by atoms with Crippen LogP contribution in [0.3, 0.4) is 0 Å². The normalized spacial score (nSPS) is 10.6. The number of carbonyl (C=O) groups excluding carboxylic acids is 1. The second-order valence-electron chi connectivity index (χ2n) is 5.58. The first kappa shape index (κ1) is 19.1. The molecule has 5 nitrogen and oxygen atoms in total. The monoisotopic (exact) mass is 365 g/mol. The first-order valence-corrected chi connectivity index (χ1v) is 8.12. The molecule has 0 saturated carbocycles. The van der Waals surface area contributed by atoms with Crippen LogP contribution in [0, 0.1) is 36.5 Å². The Hall–Kier alpha value is -3.28.